The molecule has 0 radical (unpaired) electrons. The maximum absolute atomic E-state index is 14.4. The minimum atomic E-state index is -0.661. The summed E-state index contributed by atoms with van der Waals surface area (Å²) in [5, 5.41) is 1.65. The van der Waals surface area contributed by atoms with Gasteiger partial charge < -0.3 is 4.74 Å². The molecule has 1 aliphatic rings. The van der Waals surface area contributed by atoms with E-state index >= 15 is 0 Å². The van der Waals surface area contributed by atoms with E-state index in [1.54, 1.807) is 6.07 Å². The summed E-state index contributed by atoms with van der Waals surface area (Å²) in [4.78, 5) is 12.0. The number of hydrogen-bond acceptors (Lipinski definition) is 4. The molecule has 2 aromatic carbocycles. The Kier molecular flexibility index (Phi) is 5.11. The Morgan fingerprint density at radius 1 is 1.27 bits per heavy atom. The molecule has 1 saturated carbocycles. The van der Waals surface area contributed by atoms with E-state index in [0.717, 1.165) is 39.7 Å². The molecule has 7 heteroatoms. The highest BCUT2D eigenvalue weighted by Crippen LogP contribution is 2.44. The first-order chi connectivity index (χ1) is 12.4. The number of urea groups is 1. The van der Waals surface area contributed by atoms with Crippen molar-refractivity contribution in [2.45, 2.75) is 32.3 Å². The third kappa shape index (κ3) is 3.79. The lowest BCUT2D eigenvalue weighted by atomic mass is 10.1. The fourth-order valence-electron chi connectivity index (χ4n) is 2.85. The summed E-state index contributed by atoms with van der Waals surface area (Å²) in [5.41, 5.74) is 2.72. The van der Waals surface area contributed by atoms with Gasteiger partial charge in [-0.25, -0.2) is 25.9 Å². The summed E-state index contributed by atoms with van der Waals surface area (Å²) in [7, 11) is 1.37. The van der Waals surface area contributed by atoms with Crippen molar-refractivity contribution in [3.05, 3.63) is 58.9 Å². The molecule has 0 saturated heterocycles. The predicted octanol–water partition coefficient (Wildman–Crippen LogP) is 3.20. The lowest BCUT2D eigenvalue weighted by Gasteiger charge is -2.23. The zero-order chi connectivity index (χ0) is 18.8. The third-order valence-corrected chi connectivity index (χ3v) is 4.42. The largest absolute Gasteiger partial charge is 0.488 e. The van der Waals surface area contributed by atoms with Crippen molar-refractivity contribution in [3.63, 3.8) is 0 Å². The van der Waals surface area contributed by atoms with Crippen LogP contribution in [0.25, 0.3) is 0 Å². The SMILES string of the molecule is Cc1ccc(OCc2c(F)cccc2N(N)C(=O)N(C)N)c(C2CC2)c1. The molecule has 4 N–H and O–H groups in total. The second-order valence-electron chi connectivity index (χ2n) is 6.61. The third-order valence-electron chi connectivity index (χ3n) is 4.42. The van der Waals surface area contributed by atoms with E-state index in [1.807, 2.05) is 19.1 Å². The summed E-state index contributed by atoms with van der Waals surface area (Å²) < 4.78 is 20.3. The molecule has 1 fully saturated rings. The molecule has 0 bridgehead atoms. The van der Waals surface area contributed by atoms with Gasteiger partial charge in [-0.2, -0.15) is 0 Å². The lowest BCUT2D eigenvalue weighted by Crippen LogP contribution is -2.49. The van der Waals surface area contributed by atoms with E-state index in [1.165, 1.54) is 19.2 Å². The maximum Gasteiger partial charge on any atom is 0.352 e. The Morgan fingerprint density at radius 2 is 2.00 bits per heavy atom. The molecule has 26 heavy (non-hydrogen) atoms. The van der Waals surface area contributed by atoms with E-state index in [9.17, 15) is 9.18 Å². The van der Waals surface area contributed by atoms with Crippen LogP contribution in [0.2, 0.25) is 0 Å². The maximum atomic E-state index is 14.4. The number of aryl methyl sites for hydroxylation is 1. The highest BCUT2D eigenvalue weighted by molar-refractivity contribution is 5.91. The molecule has 0 aromatic heterocycles. The summed E-state index contributed by atoms with van der Waals surface area (Å²) in [5.74, 6) is 12.0. The fourth-order valence-corrected chi connectivity index (χ4v) is 2.85. The van der Waals surface area contributed by atoms with Gasteiger partial charge in [0, 0.05) is 7.05 Å². The minimum Gasteiger partial charge on any atom is -0.488 e. The summed E-state index contributed by atoms with van der Waals surface area (Å²) in [6.45, 7) is 1.99. The summed E-state index contributed by atoms with van der Waals surface area (Å²) in [6.07, 6.45) is 2.28. The monoisotopic (exact) mass is 358 g/mol. The number of anilines is 1. The first-order valence-electron chi connectivity index (χ1n) is 8.46. The minimum absolute atomic E-state index is 0.0416. The van der Waals surface area contributed by atoms with E-state index in [2.05, 4.69) is 6.07 Å². The topological polar surface area (TPSA) is 84.8 Å². The Labute approximate surface area is 152 Å². The van der Waals surface area contributed by atoms with Crippen molar-refractivity contribution < 1.29 is 13.9 Å². The Hall–Kier alpha value is -2.64. The Bertz CT molecular complexity index is 821. The second-order valence-corrected chi connectivity index (χ2v) is 6.61. The number of rotatable bonds is 5. The second kappa shape index (κ2) is 7.31. The molecule has 2 aromatic rings. The van der Waals surface area contributed by atoms with Gasteiger partial charge in [-0.05, 0) is 49.4 Å². The average Bonchev–Trinajstić information content (AvgIpc) is 3.45. The number of hydrazine groups is 2. The predicted molar refractivity (Wildman–Crippen MR) is 97.9 cm³/mol. The molecular formula is C19H23FN4O2. The Morgan fingerprint density at radius 3 is 2.65 bits per heavy atom. The van der Waals surface area contributed by atoms with Crippen LogP contribution in [0.5, 0.6) is 5.75 Å². The molecule has 0 heterocycles. The van der Waals surface area contributed by atoms with Crippen LogP contribution in [0.15, 0.2) is 36.4 Å². The van der Waals surface area contributed by atoms with Gasteiger partial charge >= 0.3 is 6.03 Å². The van der Waals surface area contributed by atoms with E-state index in [4.69, 9.17) is 16.4 Å². The van der Waals surface area contributed by atoms with E-state index in [0.29, 0.717) is 5.92 Å². The molecule has 0 aliphatic heterocycles. The molecule has 138 valence electrons. The normalized spacial score (nSPS) is 13.4. The lowest BCUT2D eigenvalue weighted by molar-refractivity contribution is 0.216. The number of nitrogens with two attached hydrogens (primary N) is 2. The molecule has 3 rings (SSSR count). The van der Waals surface area contributed by atoms with Crippen LogP contribution in [0.4, 0.5) is 14.9 Å². The van der Waals surface area contributed by atoms with Crippen molar-refractivity contribution in [2.75, 3.05) is 12.1 Å². The highest BCUT2D eigenvalue weighted by atomic mass is 19.1. The zero-order valence-electron chi connectivity index (χ0n) is 14.9. The van der Waals surface area contributed by atoms with E-state index in [-0.39, 0.29) is 17.9 Å². The average molecular weight is 358 g/mol. The summed E-state index contributed by atoms with van der Waals surface area (Å²) >= 11 is 0. The van der Waals surface area contributed by atoms with Gasteiger partial charge in [0.2, 0.25) is 0 Å². The van der Waals surface area contributed by atoms with Gasteiger partial charge in [0.1, 0.15) is 18.2 Å². The number of amides is 2. The van der Waals surface area contributed by atoms with Crippen LogP contribution in [-0.2, 0) is 6.61 Å². The van der Waals surface area contributed by atoms with Gasteiger partial charge in [-0.1, -0.05) is 23.8 Å². The molecule has 2 amide bonds. The number of carbonyl (C=O) groups excluding carboxylic acids is 1. The first kappa shape index (κ1) is 18.2. The summed E-state index contributed by atoms with van der Waals surface area (Å²) in [6, 6.07) is 9.67. The van der Waals surface area contributed by atoms with Crippen molar-refractivity contribution in [1.82, 2.24) is 5.01 Å². The number of carbonyl (C=O) groups is 1. The van der Waals surface area contributed by atoms with Gasteiger partial charge in [0.25, 0.3) is 0 Å². The fraction of sp³-hybridized carbons (Fsp3) is 0.316. The number of benzene rings is 2. The number of ether oxygens (including phenoxy) is 1. The van der Waals surface area contributed by atoms with Crippen LogP contribution in [-0.4, -0.2) is 18.1 Å². The highest BCUT2D eigenvalue weighted by Gasteiger charge is 2.27. The molecule has 0 unspecified atom stereocenters. The molecule has 1 aliphatic carbocycles. The van der Waals surface area contributed by atoms with Crippen molar-refractivity contribution in [1.29, 1.82) is 0 Å². The smallest absolute Gasteiger partial charge is 0.352 e. The number of hydrogen-bond donors (Lipinski definition) is 2. The number of halogens is 1. The molecular weight excluding hydrogens is 335 g/mol. The van der Waals surface area contributed by atoms with Crippen molar-refractivity contribution in [2.24, 2.45) is 11.7 Å². The van der Waals surface area contributed by atoms with Crippen LogP contribution >= 0.6 is 0 Å². The van der Waals surface area contributed by atoms with Crippen molar-refractivity contribution in [3.8, 4) is 5.75 Å². The van der Waals surface area contributed by atoms with Crippen LogP contribution in [0, 0.1) is 12.7 Å². The quantitative estimate of drug-likeness (QED) is 0.488. The first-order valence-corrected chi connectivity index (χ1v) is 8.46. The van der Waals surface area contributed by atoms with Gasteiger partial charge in [-0.15, -0.1) is 0 Å². The standard InChI is InChI=1S/C19H23FN4O2/c1-12-6-9-18(14(10-12)13-7-8-13)26-11-15-16(20)4-3-5-17(15)24(22)19(25)23(2)21/h3-6,9-10,13H,7-8,11,21-22H2,1-2H3. The van der Waals surface area contributed by atoms with Crippen LogP contribution in [0.3, 0.4) is 0 Å². The number of nitrogens with zero attached hydrogens (tertiary/aromatic N) is 2. The van der Waals surface area contributed by atoms with E-state index < -0.39 is 11.8 Å². The molecule has 0 atom stereocenters. The Balaban J connectivity index is 1.86. The van der Waals surface area contributed by atoms with Crippen LogP contribution in [0.1, 0.15) is 35.4 Å². The molecule has 0 spiro atoms. The molecule has 6 nitrogen and oxygen atoms in total. The van der Waals surface area contributed by atoms with Gasteiger partial charge in [0.15, 0.2) is 0 Å². The zero-order valence-corrected chi connectivity index (χ0v) is 14.9. The van der Waals surface area contributed by atoms with Gasteiger partial charge in [0.05, 0.1) is 11.3 Å². The van der Waals surface area contributed by atoms with Gasteiger partial charge in [-0.3, -0.25) is 5.01 Å². The van der Waals surface area contributed by atoms with Crippen LogP contribution < -0.4 is 21.4 Å². The van der Waals surface area contributed by atoms with Crippen molar-refractivity contribution >= 4 is 11.7 Å².